The van der Waals surface area contributed by atoms with Crippen LogP contribution >= 0.6 is 0 Å². The average molecular weight is 523 g/mol. The van der Waals surface area contributed by atoms with E-state index in [0.717, 1.165) is 23.3 Å². The van der Waals surface area contributed by atoms with Gasteiger partial charge in [0.05, 0.1) is 6.04 Å². The first-order chi connectivity index (χ1) is 18.3. The van der Waals surface area contributed by atoms with E-state index in [9.17, 15) is 23.6 Å². The fraction of sp³-hybridized carbons (Fsp3) is 0.407. The number of nitrogens with one attached hydrogen (secondary N) is 2. The van der Waals surface area contributed by atoms with Crippen LogP contribution in [0, 0.1) is 11.7 Å². The van der Waals surface area contributed by atoms with Crippen molar-refractivity contribution in [2.24, 2.45) is 5.92 Å². The molecule has 4 aliphatic rings. The van der Waals surface area contributed by atoms with E-state index < -0.39 is 35.9 Å². The minimum atomic E-state index is -1.49. The highest BCUT2D eigenvalue weighted by Gasteiger charge is 2.58. The fourth-order valence-electron chi connectivity index (χ4n) is 5.67. The molecule has 0 aromatic heterocycles. The first-order valence-electron chi connectivity index (χ1n) is 12.7. The second-order valence-corrected chi connectivity index (χ2v) is 10.2. The smallest absolute Gasteiger partial charge is 0.418 e. The number of fused-ring (bicyclic) bond motifs is 3. The van der Waals surface area contributed by atoms with E-state index in [2.05, 4.69) is 10.6 Å². The van der Waals surface area contributed by atoms with Gasteiger partial charge >= 0.3 is 12.1 Å². The maximum absolute atomic E-state index is 14.0. The SMILES string of the molecule is CNC(=O)Nc1ccc2c(c1)CC[C@]21OC(=O)N(CC(=O)N2Cc3cc(F)ccc3OC[C@H]2C2CC2)C1=O. The number of urea groups is 1. The van der Waals surface area contributed by atoms with Gasteiger partial charge in [-0.2, -0.15) is 0 Å². The topological polar surface area (TPSA) is 117 Å². The molecule has 2 fully saturated rings. The molecule has 2 N–H and O–H groups in total. The Kier molecular flexibility index (Phi) is 5.73. The summed E-state index contributed by atoms with van der Waals surface area (Å²) in [5, 5.41) is 5.17. The van der Waals surface area contributed by atoms with E-state index in [1.165, 1.54) is 19.2 Å². The van der Waals surface area contributed by atoms with Crippen LogP contribution in [-0.4, -0.2) is 60.0 Å². The monoisotopic (exact) mass is 522 g/mol. The Morgan fingerprint density at radius 1 is 1.13 bits per heavy atom. The maximum Gasteiger partial charge on any atom is 0.418 e. The van der Waals surface area contributed by atoms with Gasteiger partial charge in [0.1, 0.15) is 24.7 Å². The maximum atomic E-state index is 14.0. The summed E-state index contributed by atoms with van der Waals surface area (Å²) in [7, 11) is 1.51. The van der Waals surface area contributed by atoms with E-state index in [1.54, 1.807) is 29.2 Å². The van der Waals surface area contributed by atoms with E-state index in [4.69, 9.17) is 9.47 Å². The van der Waals surface area contributed by atoms with Crippen molar-refractivity contribution in [3.8, 4) is 5.75 Å². The van der Waals surface area contributed by atoms with E-state index in [1.807, 2.05) is 0 Å². The van der Waals surface area contributed by atoms with Crippen LogP contribution in [0.2, 0.25) is 0 Å². The number of amides is 5. The lowest BCUT2D eigenvalue weighted by atomic mass is 9.94. The molecule has 2 atom stereocenters. The summed E-state index contributed by atoms with van der Waals surface area (Å²) in [6.45, 7) is -0.0879. The lowest BCUT2D eigenvalue weighted by molar-refractivity contribution is -0.143. The highest BCUT2D eigenvalue weighted by molar-refractivity contribution is 6.06. The summed E-state index contributed by atoms with van der Waals surface area (Å²) in [5.74, 6) is -0.658. The van der Waals surface area contributed by atoms with Crippen LogP contribution in [0.25, 0.3) is 0 Å². The van der Waals surface area contributed by atoms with Gasteiger partial charge in [0.15, 0.2) is 0 Å². The molecule has 2 heterocycles. The van der Waals surface area contributed by atoms with Gasteiger partial charge in [-0.05, 0) is 61.1 Å². The second-order valence-electron chi connectivity index (χ2n) is 10.2. The Morgan fingerprint density at radius 3 is 2.71 bits per heavy atom. The third kappa shape index (κ3) is 4.02. The van der Waals surface area contributed by atoms with Crippen molar-refractivity contribution in [3.63, 3.8) is 0 Å². The van der Waals surface area contributed by atoms with Crippen molar-refractivity contribution in [1.29, 1.82) is 0 Å². The third-order valence-electron chi connectivity index (χ3n) is 7.80. The quantitative estimate of drug-likeness (QED) is 0.638. The van der Waals surface area contributed by atoms with Gasteiger partial charge in [-0.1, -0.05) is 6.07 Å². The highest BCUT2D eigenvalue weighted by Crippen LogP contribution is 2.46. The van der Waals surface area contributed by atoms with E-state index in [0.29, 0.717) is 29.0 Å². The van der Waals surface area contributed by atoms with Crippen LogP contribution in [0.15, 0.2) is 36.4 Å². The molecule has 5 amide bonds. The summed E-state index contributed by atoms with van der Waals surface area (Å²) in [5.41, 5.74) is 0.933. The van der Waals surface area contributed by atoms with Crippen molar-refractivity contribution < 1.29 is 33.0 Å². The minimum absolute atomic E-state index is 0.124. The number of benzene rings is 2. The molecule has 1 saturated carbocycles. The van der Waals surface area contributed by atoms with E-state index >= 15 is 0 Å². The number of hydrogen-bond donors (Lipinski definition) is 2. The lowest BCUT2D eigenvalue weighted by Crippen LogP contribution is -2.49. The Labute approximate surface area is 218 Å². The zero-order chi connectivity index (χ0) is 26.6. The molecule has 6 rings (SSSR count). The predicted molar refractivity (Wildman–Crippen MR) is 132 cm³/mol. The van der Waals surface area contributed by atoms with Gasteiger partial charge in [-0.25, -0.2) is 18.9 Å². The summed E-state index contributed by atoms with van der Waals surface area (Å²) in [6.07, 6.45) is 1.74. The average Bonchev–Trinajstić information content (AvgIpc) is 3.66. The molecule has 2 aromatic carbocycles. The summed E-state index contributed by atoms with van der Waals surface area (Å²) >= 11 is 0. The molecule has 0 bridgehead atoms. The second kappa shape index (κ2) is 9.00. The molecular formula is C27H27FN4O6. The summed E-state index contributed by atoms with van der Waals surface area (Å²) < 4.78 is 25.5. The van der Waals surface area contributed by atoms with Crippen LogP contribution < -0.4 is 15.4 Å². The minimum Gasteiger partial charge on any atom is -0.491 e. The van der Waals surface area contributed by atoms with Gasteiger partial charge in [0, 0.05) is 36.8 Å². The Morgan fingerprint density at radius 2 is 1.95 bits per heavy atom. The highest BCUT2D eigenvalue weighted by atomic mass is 19.1. The standard InChI is InChI=1S/C27H27FN4O6/c1-29-25(35)30-19-5-6-20-16(11-19)8-9-27(20)24(34)32(26(36)38-27)13-23(33)31-12-17-10-18(28)4-7-22(17)37-14-21(31)15-2-3-15/h4-7,10-11,15,21H,2-3,8-9,12-14H2,1H3,(H2,29,30,35)/t21-,27-/m0/s1. The number of hydrogen-bond acceptors (Lipinski definition) is 6. The predicted octanol–water partition coefficient (Wildman–Crippen LogP) is 2.90. The summed E-state index contributed by atoms with van der Waals surface area (Å²) in [4.78, 5) is 54.3. The van der Waals surface area contributed by atoms with Crippen LogP contribution in [0.3, 0.4) is 0 Å². The molecule has 10 nitrogen and oxygen atoms in total. The molecule has 2 aliphatic carbocycles. The number of rotatable bonds is 4. The van der Waals surface area contributed by atoms with Crippen molar-refractivity contribution >= 4 is 29.6 Å². The number of aryl methyl sites for hydroxylation is 1. The first-order valence-corrected chi connectivity index (χ1v) is 12.7. The normalized spacial score (nSPS) is 23.9. The zero-order valence-electron chi connectivity index (χ0n) is 20.8. The van der Waals surface area contributed by atoms with Crippen LogP contribution in [0.5, 0.6) is 5.75 Å². The van der Waals surface area contributed by atoms with Crippen LogP contribution in [-0.2, 0) is 32.9 Å². The van der Waals surface area contributed by atoms with E-state index in [-0.39, 0.29) is 37.6 Å². The number of imide groups is 1. The molecule has 1 spiro atoms. The number of halogens is 1. The Hall–Kier alpha value is -4.15. The van der Waals surface area contributed by atoms with Gasteiger partial charge in [0.2, 0.25) is 11.5 Å². The lowest BCUT2D eigenvalue weighted by Gasteiger charge is -2.30. The largest absolute Gasteiger partial charge is 0.491 e. The van der Waals surface area contributed by atoms with Gasteiger partial charge < -0.3 is 25.0 Å². The molecule has 1 saturated heterocycles. The van der Waals surface area contributed by atoms with Gasteiger partial charge in [-0.3, -0.25) is 9.59 Å². The van der Waals surface area contributed by atoms with Crippen molar-refractivity contribution in [2.75, 3.05) is 25.5 Å². The zero-order valence-corrected chi connectivity index (χ0v) is 20.8. The third-order valence-corrected chi connectivity index (χ3v) is 7.80. The first kappa shape index (κ1) is 24.2. The molecule has 38 heavy (non-hydrogen) atoms. The van der Waals surface area contributed by atoms with Crippen LogP contribution in [0.4, 0.5) is 19.7 Å². The Bertz CT molecular complexity index is 1360. The Balaban J connectivity index is 1.23. The number of anilines is 1. The molecular weight excluding hydrogens is 495 g/mol. The summed E-state index contributed by atoms with van der Waals surface area (Å²) in [6, 6.07) is 8.67. The van der Waals surface area contributed by atoms with Crippen molar-refractivity contribution in [1.82, 2.24) is 15.1 Å². The molecule has 2 aliphatic heterocycles. The number of carbonyl (C=O) groups is 4. The molecule has 11 heteroatoms. The molecule has 0 radical (unpaired) electrons. The van der Waals surface area contributed by atoms with Gasteiger partial charge in [0.25, 0.3) is 5.91 Å². The number of carbonyl (C=O) groups excluding carboxylic acids is 4. The molecule has 198 valence electrons. The molecule has 0 unspecified atom stereocenters. The van der Waals surface area contributed by atoms with Crippen molar-refractivity contribution in [3.05, 3.63) is 58.9 Å². The van der Waals surface area contributed by atoms with Crippen LogP contribution in [0.1, 0.15) is 36.0 Å². The number of nitrogens with zero attached hydrogens (tertiary/aromatic N) is 2. The number of ether oxygens (including phenoxy) is 2. The van der Waals surface area contributed by atoms with Crippen molar-refractivity contribution in [2.45, 2.75) is 43.9 Å². The fourth-order valence-corrected chi connectivity index (χ4v) is 5.67. The molecule has 2 aromatic rings. The van der Waals surface area contributed by atoms with Gasteiger partial charge in [-0.15, -0.1) is 0 Å².